The van der Waals surface area contributed by atoms with Crippen molar-refractivity contribution in [3.8, 4) is 0 Å². The van der Waals surface area contributed by atoms with Gasteiger partial charge in [-0.2, -0.15) is 0 Å². The van der Waals surface area contributed by atoms with Crippen LogP contribution in [0.15, 0.2) is 23.1 Å². The van der Waals surface area contributed by atoms with E-state index in [9.17, 15) is 18.5 Å². The highest BCUT2D eigenvalue weighted by Crippen LogP contribution is 2.35. The zero-order valence-corrected chi connectivity index (χ0v) is 12.8. The Hall–Kier alpha value is -1.67. The molecule has 2 N–H and O–H groups in total. The number of hydrogen-bond donors (Lipinski definition) is 2. The molecule has 0 amide bonds. The second kappa shape index (κ2) is 5.98. The standard InChI is InChI=1S/C13H19N3O4S/c1-3-9-7-12(9)15-21(19,20)13-8-10(16(17)18)5-6-11(13)14-4-2/h5-6,8-9,12,14-15H,3-4,7H2,1-2H3. The maximum absolute atomic E-state index is 12.4. The van der Waals surface area contributed by atoms with Crippen molar-refractivity contribution < 1.29 is 13.3 Å². The summed E-state index contributed by atoms with van der Waals surface area (Å²) in [4.78, 5) is 10.2. The van der Waals surface area contributed by atoms with Crippen LogP contribution < -0.4 is 10.0 Å². The monoisotopic (exact) mass is 313 g/mol. The van der Waals surface area contributed by atoms with Gasteiger partial charge in [-0.05, 0) is 25.3 Å². The number of nitro benzene ring substituents is 1. The summed E-state index contributed by atoms with van der Waals surface area (Å²) in [6, 6.07) is 3.77. The van der Waals surface area contributed by atoms with E-state index >= 15 is 0 Å². The highest BCUT2D eigenvalue weighted by atomic mass is 32.2. The van der Waals surface area contributed by atoms with Crippen molar-refractivity contribution in [2.45, 2.75) is 37.6 Å². The van der Waals surface area contributed by atoms with E-state index in [1.165, 1.54) is 12.1 Å². The van der Waals surface area contributed by atoms with Gasteiger partial charge >= 0.3 is 0 Å². The third-order valence-corrected chi connectivity index (χ3v) is 5.12. The fourth-order valence-corrected chi connectivity index (χ4v) is 3.81. The van der Waals surface area contributed by atoms with Crippen molar-refractivity contribution in [3.05, 3.63) is 28.3 Å². The Bertz CT molecular complexity index is 645. The molecule has 7 nitrogen and oxygen atoms in total. The summed E-state index contributed by atoms with van der Waals surface area (Å²) in [5.41, 5.74) is 0.143. The third kappa shape index (κ3) is 3.51. The molecule has 0 saturated heterocycles. The van der Waals surface area contributed by atoms with E-state index in [1.807, 2.05) is 13.8 Å². The Kier molecular flexibility index (Phi) is 4.48. The lowest BCUT2D eigenvalue weighted by molar-refractivity contribution is -0.385. The van der Waals surface area contributed by atoms with Crippen LogP contribution in [0.4, 0.5) is 11.4 Å². The number of hydrogen-bond acceptors (Lipinski definition) is 5. The Morgan fingerprint density at radius 1 is 1.38 bits per heavy atom. The zero-order chi connectivity index (χ0) is 15.6. The molecule has 1 aromatic carbocycles. The lowest BCUT2D eigenvalue weighted by Gasteiger charge is -2.12. The van der Waals surface area contributed by atoms with Gasteiger partial charge in [0.05, 0.1) is 10.6 Å². The molecule has 1 saturated carbocycles. The van der Waals surface area contributed by atoms with Crippen LogP contribution in [0, 0.1) is 16.0 Å². The zero-order valence-electron chi connectivity index (χ0n) is 12.0. The number of nitrogens with one attached hydrogen (secondary N) is 2. The number of nitro groups is 1. The maximum atomic E-state index is 12.4. The predicted molar refractivity (Wildman–Crippen MR) is 79.8 cm³/mol. The molecule has 2 atom stereocenters. The maximum Gasteiger partial charge on any atom is 0.270 e. The van der Waals surface area contributed by atoms with E-state index in [-0.39, 0.29) is 16.6 Å². The van der Waals surface area contributed by atoms with Gasteiger partial charge in [0.25, 0.3) is 5.69 Å². The molecule has 0 spiro atoms. The fraction of sp³-hybridized carbons (Fsp3) is 0.538. The van der Waals surface area contributed by atoms with Crippen LogP contribution in [0.5, 0.6) is 0 Å². The second-order valence-corrected chi connectivity index (χ2v) is 6.78. The van der Waals surface area contributed by atoms with Crippen LogP contribution in [-0.2, 0) is 10.0 Å². The summed E-state index contributed by atoms with van der Waals surface area (Å²) in [5, 5.41) is 13.8. The van der Waals surface area contributed by atoms with Crippen molar-refractivity contribution in [2.24, 2.45) is 5.92 Å². The molecule has 1 fully saturated rings. The van der Waals surface area contributed by atoms with Gasteiger partial charge in [-0.1, -0.05) is 13.3 Å². The van der Waals surface area contributed by atoms with E-state index in [0.717, 1.165) is 18.9 Å². The van der Waals surface area contributed by atoms with Crippen LogP contribution in [0.3, 0.4) is 0 Å². The number of benzene rings is 1. The molecule has 116 valence electrons. The van der Waals surface area contributed by atoms with Crippen molar-refractivity contribution in [1.82, 2.24) is 4.72 Å². The molecule has 0 heterocycles. The fourth-order valence-electron chi connectivity index (χ4n) is 2.29. The van der Waals surface area contributed by atoms with Gasteiger partial charge in [-0.25, -0.2) is 13.1 Å². The third-order valence-electron chi connectivity index (χ3n) is 3.59. The van der Waals surface area contributed by atoms with E-state index in [2.05, 4.69) is 10.0 Å². The van der Waals surface area contributed by atoms with E-state index in [1.54, 1.807) is 0 Å². The number of nitrogens with zero attached hydrogens (tertiary/aromatic N) is 1. The predicted octanol–water partition coefficient (Wildman–Crippen LogP) is 2.10. The summed E-state index contributed by atoms with van der Waals surface area (Å²) in [6.45, 7) is 4.37. The SMILES string of the molecule is CCNc1ccc([N+](=O)[O-])cc1S(=O)(=O)NC1CC1CC. The van der Waals surface area contributed by atoms with Gasteiger partial charge in [-0.3, -0.25) is 10.1 Å². The Labute approximate surface area is 123 Å². The first-order valence-corrected chi connectivity index (χ1v) is 8.42. The quantitative estimate of drug-likeness (QED) is 0.593. The van der Waals surface area contributed by atoms with Crippen LogP contribution in [-0.4, -0.2) is 25.9 Å². The average molecular weight is 313 g/mol. The highest BCUT2D eigenvalue weighted by Gasteiger charge is 2.39. The molecule has 2 rings (SSSR count). The second-order valence-electron chi connectivity index (χ2n) is 5.10. The molecule has 1 aliphatic rings. The number of anilines is 1. The molecule has 1 aliphatic carbocycles. The van der Waals surface area contributed by atoms with Crippen molar-refractivity contribution >= 4 is 21.4 Å². The van der Waals surface area contributed by atoms with E-state index in [0.29, 0.717) is 18.2 Å². The lowest BCUT2D eigenvalue weighted by atomic mass is 10.3. The van der Waals surface area contributed by atoms with Crippen LogP contribution in [0.1, 0.15) is 26.7 Å². The van der Waals surface area contributed by atoms with Gasteiger partial charge in [0.15, 0.2) is 0 Å². The minimum atomic E-state index is -3.77. The molecule has 0 radical (unpaired) electrons. The Balaban J connectivity index is 2.34. The Morgan fingerprint density at radius 2 is 2.10 bits per heavy atom. The summed E-state index contributed by atoms with van der Waals surface area (Å²) in [6.07, 6.45) is 1.74. The van der Waals surface area contributed by atoms with Crippen LogP contribution >= 0.6 is 0 Å². The van der Waals surface area contributed by atoms with Crippen LogP contribution in [0.25, 0.3) is 0 Å². The van der Waals surface area contributed by atoms with Crippen molar-refractivity contribution in [1.29, 1.82) is 0 Å². The minimum Gasteiger partial charge on any atom is -0.384 e. The minimum absolute atomic E-state index is 0.0614. The van der Waals surface area contributed by atoms with Crippen molar-refractivity contribution in [3.63, 3.8) is 0 Å². The molecular formula is C13H19N3O4S. The summed E-state index contributed by atoms with van der Waals surface area (Å²) in [5.74, 6) is 0.362. The molecule has 1 aromatic rings. The molecule has 21 heavy (non-hydrogen) atoms. The van der Waals surface area contributed by atoms with E-state index < -0.39 is 14.9 Å². The largest absolute Gasteiger partial charge is 0.384 e. The smallest absolute Gasteiger partial charge is 0.270 e. The molecule has 0 bridgehead atoms. The summed E-state index contributed by atoms with van der Waals surface area (Å²) in [7, 11) is -3.77. The number of rotatable bonds is 7. The summed E-state index contributed by atoms with van der Waals surface area (Å²) < 4.78 is 27.5. The number of sulfonamides is 1. The van der Waals surface area contributed by atoms with E-state index in [4.69, 9.17) is 0 Å². The normalized spacial score (nSPS) is 21.0. The average Bonchev–Trinajstić information content (AvgIpc) is 3.16. The number of non-ortho nitro benzene ring substituents is 1. The van der Waals surface area contributed by atoms with Gasteiger partial charge in [0.2, 0.25) is 10.0 Å². The first-order chi connectivity index (χ1) is 9.89. The van der Waals surface area contributed by atoms with Crippen molar-refractivity contribution in [2.75, 3.05) is 11.9 Å². The molecule has 8 heteroatoms. The van der Waals surface area contributed by atoms with Crippen LogP contribution in [0.2, 0.25) is 0 Å². The highest BCUT2D eigenvalue weighted by molar-refractivity contribution is 7.89. The molecular weight excluding hydrogens is 294 g/mol. The molecule has 0 aromatic heterocycles. The first kappa shape index (κ1) is 15.7. The van der Waals surface area contributed by atoms with Gasteiger partial charge in [0.1, 0.15) is 4.90 Å². The van der Waals surface area contributed by atoms with Gasteiger partial charge in [0, 0.05) is 24.7 Å². The Morgan fingerprint density at radius 3 is 2.62 bits per heavy atom. The molecule has 2 unspecified atom stereocenters. The first-order valence-electron chi connectivity index (χ1n) is 6.93. The lowest BCUT2D eigenvalue weighted by Crippen LogP contribution is -2.28. The van der Waals surface area contributed by atoms with Gasteiger partial charge < -0.3 is 5.32 Å². The topological polar surface area (TPSA) is 101 Å². The molecule has 0 aliphatic heterocycles. The summed E-state index contributed by atoms with van der Waals surface area (Å²) >= 11 is 0. The van der Waals surface area contributed by atoms with Gasteiger partial charge in [-0.15, -0.1) is 0 Å².